The van der Waals surface area contributed by atoms with Crippen molar-refractivity contribution in [2.45, 2.75) is 6.04 Å². The Balaban J connectivity index is 2.80. The van der Waals surface area contributed by atoms with Crippen LogP contribution in [0, 0.1) is 5.82 Å². The summed E-state index contributed by atoms with van der Waals surface area (Å²) in [7, 11) is 1.71. The number of halogens is 1. The Morgan fingerprint density at radius 3 is 2.83 bits per heavy atom. The lowest BCUT2D eigenvalue weighted by atomic mass is 10.2. The molecule has 0 saturated carbocycles. The largest absolute Gasteiger partial charge is 0.394 e. The zero-order chi connectivity index (χ0) is 8.97. The molecule has 1 heterocycles. The van der Waals surface area contributed by atoms with Crippen molar-refractivity contribution in [1.29, 1.82) is 0 Å². The fourth-order valence-electron chi connectivity index (χ4n) is 0.926. The molecule has 12 heavy (non-hydrogen) atoms. The molecule has 0 bridgehead atoms. The number of aliphatic hydroxyl groups is 1. The monoisotopic (exact) mass is 170 g/mol. The highest BCUT2D eigenvalue weighted by Crippen LogP contribution is 2.08. The van der Waals surface area contributed by atoms with Crippen LogP contribution in [0.25, 0.3) is 0 Å². The van der Waals surface area contributed by atoms with Crippen molar-refractivity contribution in [1.82, 2.24) is 10.3 Å². The summed E-state index contributed by atoms with van der Waals surface area (Å²) in [6, 6.07) is 2.65. The van der Waals surface area contributed by atoms with E-state index in [1.54, 1.807) is 13.1 Å². The van der Waals surface area contributed by atoms with Crippen LogP contribution in [0.15, 0.2) is 18.3 Å². The van der Waals surface area contributed by atoms with E-state index in [2.05, 4.69) is 10.3 Å². The van der Waals surface area contributed by atoms with E-state index in [0.29, 0.717) is 5.69 Å². The van der Waals surface area contributed by atoms with Gasteiger partial charge in [-0.2, -0.15) is 0 Å². The van der Waals surface area contributed by atoms with Gasteiger partial charge in [-0.05, 0) is 19.2 Å². The standard InChI is InChI=1S/C8H11FN2O/c1-10-8(5-12)7-3-2-6(9)4-11-7/h2-4,8,10,12H,5H2,1H3. The Morgan fingerprint density at radius 1 is 1.67 bits per heavy atom. The lowest BCUT2D eigenvalue weighted by molar-refractivity contribution is 0.248. The molecule has 0 aliphatic rings. The highest BCUT2D eigenvalue weighted by Gasteiger charge is 2.07. The van der Waals surface area contributed by atoms with Crippen LogP contribution in [0.4, 0.5) is 4.39 Å². The zero-order valence-corrected chi connectivity index (χ0v) is 6.79. The summed E-state index contributed by atoms with van der Waals surface area (Å²) in [6.45, 7) is -0.0465. The molecule has 2 N–H and O–H groups in total. The number of aromatic nitrogens is 1. The molecule has 0 fully saturated rings. The molecule has 0 spiro atoms. The minimum atomic E-state index is -0.369. The van der Waals surface area contributed by atoms with Gasteiger partial charge in [-0.3, -0.25) is 4.98 Å². The van der Waals surface area contributed by atoms with Gasteiger partial charge in [0.15, 0.2) is 0 Å². The number of nitrogens with zero attached hydrogens (tertiary/aromatic N) is 1. The number of aliphatic hydroxyl groups excluding tert-OH is 1. The van der Waals surface area contributed by atoms with Gasteiger partial charge in [-0.25, -0.2) is 4.39 Å². The van der Waals surface area contributed by atoms with Crippen molar-refractivity contribution < 1.29 is 9.50 Å². The fourth-order valence-corrected chi connectivity index (χ4v) is 0.926. The van der Waals surface area contributed by atoms with Crippen molar-refractivity contribution in [3.05, 3.63) is 29.8 Å². The highest BCUT2D eigenvalue weighted by molar-refractivity contribution is 5.09. The summed E-state index contributed by atoms with van der Waals surface area (Å²) >= 11 is 0. The summed E-state index contributed by atoms with van der Waals surface area (Å²) in [5.74, 6) is -0.369. The molecule has 66 valence electrons. The minimum Gasteiger partial charge on any atom is -0.394 e. The summed E-state index contributed by atoms with van der Waals surface area (Å²) in [5, 5.41) is 11.7. The van der Waals surface area contributed by atoms with Gasteiger partial charge in [-0.1, -0.05) is 0 Å². The van der Waals surface area contributed by atoms with Crippen molar-refractivity contribution in [2.75, 3.05) is 13.7 Å². The predicted molar refractivity (Wildman–Crippen MR) is 43.1 cm³/mol. The Bertz CT molecular complexity index is 233. The van der Waals surface area contributed by atoms with Gasteiger partial charge in [0.25, 0.3) is 0 Å². The molecule has 1 aromatic heterocycles. The number of hydrogen-bond donors (Lipinski definition) is 2. The van der Waals surface area contributed by atoms with Gasteiger partial charge in [-0.15, -0.1) is 0 Å². The van der Waals surface area contributed by atoms with E-state index in [9.17, 15) is 4.39 Å². The van der Waals surface area contributed by atoms with Crippen LogP contribution in [0.3, 0.4) is 0 Å². The smallest absolute Gasteiger partial charge is 0.141 e. The zero-order valence-electron chi connectivity index (χ0n) is 6.79. The Labute approximate surface area is 70.3 Å². The Kier molecular flexibility index (Phi) is 3.13. The van der Waals surface area contributed by atoms with Crippen LogP contribution in [0.2, 0.25) is 0 Å². The first-order chi connectivity index (χ1) is 5.77. The minimum absolute atomic E-state index is 0.0465. The maximum absolute atomic E-state index is 12.4. The third kappa shape index (κ3) is 1.99. The van der Waals surface area contributed by atoms with E-state index in [0.717, 1.165) is 6.20 Å². The first kappa shape index (κ1) is 9.09. The topological polar surface area (TPSA) is 45.1 Å². The van der Waals surface area contributed by atoms with Crippen LogP contribution in [-0.4, -0.2) is 23.7 Å². The number of likely N-dealkylation sites (N-methyl/N-ethyl adjacent to an activating group) is 1. The lowest BCUT2D eigenvalue weighted by Gasteiger charge is -2.11. The van der Waals surface area contributed by atoms with Crippen LogP contribution in [0.1, 0.15) is 11.7 Å². The molecular formula is C8H11FN2O. The van der Waals surface area contributed by atoms with Crippen molar-refractivity contribution in [3.63, 3.8) is 0 Å². The lowest BCUT2D eigenvalue weighted by Crippen LogP contribution is -2.20. The normalized spacial score (nSPS) is 12.9. The average Bonchev–Trinajstić information content (AvgIpc) is 2.10. The molecule has 1 rings (SSSR count). The van der Waals surface area contributed by atoms with E-state index in [1.807, 2.05) is 0 Å². The summed E-state index contributed by atoms with van der Waals surface area (Å²) in [6.07, 6.45) is 1.13. The van der Waals surface area contributed by atoms with E-state index in [1.165, 1.54) is 6.07 Å². The Morgan fingerprint density at radius 2 is 2.42 bits per heavy atom. The maximum Gasteiger partial charge on any atom is 0.141 e. The molecule has 0 radical (unpaired) electrons. The van der Waals surface area contributed by atoms with Crippen molar-refractivity contribution >= 4 is 0 Å². The van der Waals surface area contributed by atoms with Gasteiger partial charge >= 0.3 is 0 Å². The maximum atomic E-state index is 12.4. The quantitative estimate of drug-likeness (QED) is 0.693. The molecule has 4 heteroatoms. The summed E-state index contributed by atoms with van der Waals surface area (Å²) in [4.78, 5) is 3.82. The number of hydrogen-bond acceptors (Lipinski definition) is 3. The molecule has 0 saturated heterocycles. The van der Waals surface area contributed by atoms with Crippen LogP contribution in [0.5, 0.6) is 0 Å². The van der Waals surface area contributed by atoms with E-state index in [4.69, 9.17) is 5.11 Å². The molecule has 1 atom stereocenters. The van der Waals surface area contributed by atoms with Crippen LogP contribution < -0.4 is 5.32 Å². The first-order valence-electron chi connectivity index (χ1n) is 3.67. The molecule has 0 aliphatic heterocycles. The highest BCUT2D eigenvalue weighted by atomic mass is 19.1. The molecule has 0 amide bonds. The van der Waals surface area contributed by atoms with Crippen molar-refractivity contribution in [2.24, 2.45) is 0 Å². The molecule has 0 aromatic carbocycles. The number of pyridine rings is 1. The second-order valence-corrected chi connectivity index (χ2v) is 2.43. The van der Waals surface area contributed by atoms with Gasteiger partial charge in [0, 0.05) is 0 Å². The SMILES string of the molecule is CNC(CO)c1ccc(F)cn1. The van der Waals surface area contributed by atoms with E-state index >= 15 is 0 Å². The third-order valence-electron chi connectivity index (χ3n) is 1.64. The van der Waals surface area contributed by atoms with Gasteiger partial charge in [0.1, 0.15) is 5.82 Å². The van der Waals surface area contributed by atoms with E-state index in [-0.39, 0.29) is 18.5 Å². The molecule has 3 nitrogen and oxygen atoms in total. The molecule has 1 unspecified atom stereocenters. The fraction of sp³-hybridized carbons (Fsp3) is 0.375. The molecular weight excluding hydrogens is 159 g/mol. The van der Waals surface area contributed by atoms with Crippen LogP contribution in [-0.2, 0) is 0 Å². The summed E-state index contributed by atoms with van der Waals surface area (Å²) in [5.41, 5.74) is 0.640. The first-order valence-corrected chi connectivity index (χ1v) is 3.67. The third-order valence-corrected chi connectivity index (χ3v) is 1.64. The molecule has 1 aromatic rings. The van der Waals surface area contributed by atoms with E-state index < -0.39 is 0 Å². The second-order valence-electron chi connectivity index (χ2n) is 2.43. The molecule has 0 aliphatic carbocycles. The predicted octanol–water partition coefficient (Wildman–Crippen LogP) is 0.474. The Hall–Kier alpha value is -1.00. The van der Waals surface area contributed by atoms with Gasteiger partial charge in [0.2, 0.25) is 0 Å². The number of rotatable bonds is 3. The number of nitrogens with one attached hydrogen (secondary N) is 1. The van der Waals surface area contributed by atoms with Gasteiger partial charge < -0.3 is 10.4 Å². The second kappa shape index (κ2) is 4.13. The van der Waals surface area contributed by atoms with Crippen LogP contribution >= 0.6 is 0 Å². The average molecular weight is 170 g/mol. The van der Waals surface area contributed by atoms with Crippen molar-refractivity contribution in [3.8, 4) is 0 Å². The van der Waals surface area contributed by atoms with Gasteiger partial charge in [0.05, 0.1) is 24.5 Å². The summed E-state index contributed by atoms with van der Waals surface area (Å²) < 4.78 is 12.4.